The van der Waals surface area contributed by atoms with Gasteiger partial charge in [0.2, 0.25) is 5.91 Å². The molecule has 0 saturated carbocycles. The Labute approximate surface area is 108 Å². The summed E-state index contributed by atoms with van der Waals surface area (Å²) in [6.45, 7) is 2.69. The Morgan fingerprint density at radius 1 is 1.22 bits per heavy atom. The van der Waals surface area contributed by atoms with Gasteiger partial charge in [-0.25, -0.2) is 0 Å². The van der Waals surface area contributed by atoms with Gasteiger partial charge in [-0.05, 0) is 30.7 Å². The number of likely N-dealkylation sites (N-methyl/N-ethyl adjacent to an activating group) is 1. The molecule has 0 N–H and O–H groups in total. The number of nitrogens with zero attached hydrogens (tertiary/aromatic N) is 2. The largest absolute Gasteiger partial charge is 0.357 e. The molecular weight excluding hydrogens is 224 g/mol. The summed E-state index contributed by atoms with van der Waals surface area (Å²) >= 11 is 0. The molecule has 1 heterocycles. The number of rotatable bonds is 4. The van der Waals surface area contributed by atoms with Gasteiger partial charge in [-0.1, -0.05) is 18.2 Å². The molecule has 18 heavy (non-hydrogen) atoms. The standard InChI is InChI=1S/C15H18N2O/c1-3-17(14-7-5-4-6-8-14)15(18)11-13-9-10-16(2)12-13/h4-10,12H,3,11H2,1-2H3. The average molecular weight is 242 g/mol. The molecule has 0 radical (unpaired) electrons. The average Bonchev–Trinajstić information content (AvgIpc) is 2.77. The van der Waals surface area contributed by atoms with Crippen molar-refractivity contribution >= 4 is 11.6 Å². The van der Waals surface area contributed by atoms with Crippen LogP contribution in [0.3, 0.4) is 0 Å². The quantitative estimate of drug-likeness (QED) is 0.809. The third-order valence-electron chi connectivity index (χ3n) is 2.93. The molecule has 3 heteroatoms. The second-order valence-corrected chi connectivity index (χ2v) is 4.34. The predicted molar refractivity (Wildman–Crippen MR) is 73.6 cm³/mol. The van der Waals surface area contributed by atoms with Crippen LogP contribution in [0.15, 0.2) is 48.8 Å². The van der Waals surface area contributed by atoms with Crippen LogP contribution in [0.5, 0.6) is 0 Å². The zero-order valence-electron chi connectivity index (χ0n) is 10.8. The normalized spacial score (nSPS) is 10.3. The summed E-state index contributed by atoms with van der Waals surface area (Å²) in [5, 5.41) is 0. The number of hydrogen-bond donors (Lipinski definition) is 0. The second-order valence-electron chi connectivity index (χ2n) is 4.34. The maximum atomic E-state index is 12.3. The van der Waals surface area contributed by atoms with Crippen LogP contribution >= 0.6 is 0 Å². The van der Waals surface area contributed by atoms with E-state index in [9.17, 15) is 4.79 Å². The lowest BCUT2D eigenvalue weighted by Crippen LogP contribution is -2.31. The van der Waals surface area contributed by atoms with Crippen LogP contribution in [0, 0.1) is 0 Å². The first-order valence-electron chi connectivity index (χ1n) is 6.17. The smallest absolute Gasteiger partial charge is 0.231 e. The summed E-state index contributed by atoms with van der Waals surface area (Å²) < 4.78 is 1.96. The summed E-state index contributed by atoms with van der Waals surface area (Å²) in [6.07, 6.45) is 4.39. The molecule has 0 aliphatic heterocycles. The zero-order valence-corrected chi connectivity index (χ0v) is 10.8. The number of anilines is 1. The van der Waals surface area contributed by atoms with E-state index in [-0.39, 0.29) is 5.91 Å². The highest BCUT2D eigenvalue weighted by molar-refractivity contribution is 5.94. The van der Waals surface area contributed by atoms with Crippen LogP contribution in [0.4, 0.5) is 5.69 Å². The van der Waals surface area contributed by atoms with Crippen LogP contribution in [-0.4, -0.2) is 17.0 Å². The Bertz CT molecular complexity index is 516. The van der Waals surface area contributed by atoms with Gasteiger partial charge in [0.15, 0.2) is 0 Å². The highest BCUT2D eigenvalue weighted by Gasteiger charge is 2.14. The van der Waals surface area contributed by atoms with Gasteiger partial charge in [0, 0.05) is 31.7 Å². The maximum Gasteiger partial charge on any atom is 0.231 e. The number of aromatic nitrogens is 1. The highest BCUT2D eigenvalue weighted by atomic mass is 16.2. The van der Waals surface area contributed by atoms with Crippen molar-refractivity contribution in [1.82, 2.24) is 4.57 Å². The zero-order chi connectivity index (χ0) is 13.0. The first kappa shape index (κ1) is 12.4. The van der Waals surface area contributed by atoms with Crippen molar-refractivity contribution < 1.29 is 4.79 Å². The lowest BCUT2D eigenvalue weighted by atomic mass is 10.2. The third kappa shape index (κ3) is 2.80. The molecule has 0 saturated heterocycles. The fourth-order valence-electron chi connectivity index (χ4n) is 2.05. The highest BCUT2D eigenvalue weighted by Crippen LogP contribution is 2.14. The fourth-order valence-corrected chi connectivity index (χ4v) is 2.05. The Hall–Kier alpha value is -2.03. The van der Waals surface area contributed by atoms with E-state index in [1.165, 1.54) is 0 Å². The Morgan fingerprint density at radius 3 is 2.50 bits per heavy atom. The second kappa shape index (κ2) is 5.54. The van der Waals surface area contributed by atoms with Crippen molar-refractivity contribution in [3.05, 3.63) is 54.4 Å². The van der Waals surface area contributed by atoms with Gasteiger partial charge < -0.3 is 9.47 Å². The molecule has 0 unspecified atom stereocenters. The van der Waals surface area contributed by atoms with E-state index in [0.29, 0.717) is 13.0 Å². The van der Waals surface area contributed by atoms with Gasteiger partial charge in [0.1, 0.15) is 0 Å². The first-order valence-corrected chi connectivity index (χ1v) is 6.17. The van der Waals surface area contributed by atoms with E-state index in [1.54, 1.807) is 0 Å². The Morgan fingerprint density at radius 2 is 1.94 bits per heavy atom. The molecule has 0 spiro atoms. The molecular formula is C15H18N2O. The predicted octanol–water partition coefficient (Wildman–Crippen LogP) is 2.62. The number of carbonyl (C=O) groups is 1. The van der Waals surface area contributed by atoms with Crippen LogP contribution in [0.1, 0.15) is 12.5 Å². The van der Waals surface area contributed by atoms with Gasteiger partial charge >= 0.3 is 0 Å². The maximum absolute atomic E-state index is 12.3. The van der Waals surface area contributed by atoms with Crippen LogP contribution in [-0.2, 0) is 18.3 Å². The number of para-hydroxylation sites is 1. The van der Waals surface area contributed by atoms with Gasteiger partial charge in [-0.15, -0.1) is 0 Å². The van der Waals surface area contributed by atoms with Crippen molar-refractivity contribution in [2.45, 2.75) is 13.3 Å². The number of amides is 1. The lowest BCUT2D eigenvalue weighted by Gasteiger charge is -2.20. The number of carbonyl (C=O) groups excluding carboxylic acids is 1. The summed E-state index contributed by atoms with van der Waals surface area (Å²) in [5.41, 5.74) is 2.01. The molecule has 3 nitrogen and oxygen atoms in total. The number of benzene rings is 1. The van der Waals surface area contributed by atoms with Crippen LogP contribution < -0.4 is 4.90 Å². The van der Waals surface area contributed by atoms with E-state index < -0.39 is 0 Å². The SMILES string of the molecule is CCN(C(=O)Cc1ccn(C)c1)c1ccccc1. The van der Waals surface area contributed by atoms with E-state index in [2.05, 4.69) is 0 Å². The molecule has 0 aliphatic carbocycles. The van der Waals surface area contributed by atoms with Gasteiger partial charge in [0.25, 0.3) is 0 Å². The Balaban J connectivity index is 2.11. The van der Waals surface area contributed by atoms with Gasteiger partial charge in [-0.3, -0.25) is 4.79 Å². The lowest BCUT2D eigenvalue weighted by molar-refractivity contribution is -0.117. The third-order valence-corrected chi connectivity index (χ3v) is 2.93. The van der Waals surface area contributed by atoms with E-state index >= 15 is 0 Å². The monoisotopic (exact) mass is 242 g/mol. The van der Waals surface area contributed by atoms with E-state index in [1.807, 2.05) is 72.2 Å². The summed E-state index contributed by atoms with van der Waals surface area (Å²) in [5.74, 6) is 0.134. The number of hydrogen-bond acceptors (Lipinski definition) is 1. The molecule has 1 aromatic carbocycles. The molecule has 0 fully saturated rings. The molecule has 2 aromatic rings. The Kier molecular flexibility index (Phi) is 3.82. The van der Waals surface area contributed by atoms with Crippen LogP contribution in [0.25, 0.3) is 0 Å². The fraction of sp³-hybridized carbons (Fsp3) is 0.267. The van der Waals surface area contributed by atoms with Crippen molar-refractivity contribution in [3.8, 4) is 0 Å². The molecule has 0 aliphatic rings. The minimum atomic E-state index is 0.134. The molecule has 1 amide bonds. The molecule has 94 valence electrons. The molecule has 0 bridgehead atoms. The minimum absolute atomic E-state index is 0.134. The van der Waals surface area contributed by atoms with E-state index in [4.69, 9.17) is 0 Å². The molecule has 1 aromatic heterocycles. The molecule has 0 atom stereocenters. The summed E-state index contributed by atoms with van der Waals surface area (Å²) in [6, 6.07) is 11.8. The van der Waals surface area contributed by atoms with Crippen LogP contribution in [0.2, 0.25) is 0 Å². The topological polar surface area (TPSA) is 25.2 Å². The van der Waals surface area contributed by atoms with Gasteiger partial charge in [-0.2, -0.15) is 0 Å². The number of aryl methyl sites for hydroxylation is 1. The van der Waals surface area contributed by atoms with E-state index in [0.717, 1.165) is 11.3 Å². The summed E-state index contributed by atoms with van der Waals surface area (Å²) in [4.78, 5) is 14.1. The van der Waals surface area contributed by atoms with Gasteiger partial charge in [0.05, 0.1) is 6.42 Å². The van der Waals surface area contributed by atoms with Crippen molar-refractivity contribution in [1.29, 1.82) is 0 Å². The summed E-state index contributed by atoms with van der Waals surface area (Å²) in [7, 11) is 1.96. The molecule has 2 rings (SSSR count). The first-order chi connectivity index (χ1) is 8.70. The van der Waals surface area contributed by atoms with Crippen molar-refractivity contribution in [2.24, 2.45) is 7.05 Å². The van der Waals surface area contributed by atoms with Crippen molar-refractivity contribution in [3.63, 3.8) is 0 Å². The van der Waals surface area contributed by atoms with Crippen molar-refractivity contribution in [2.75, 3.05) is 11.4 Å². The minimum Gasteiger partial charge on any atom is -0.357 e.